The van der Waals surface area contributed by atoms with Crippen molar-refractivity contribution in [2.24, 2.45) is 5.92 Å². The maximum atomic E-state index is 12.0. The van der Waals surface area contributed by atoms with Crippen LogP contribution in [0.5, 0.6) is 0 Å². The van der Waals surface area contributed by atoms with E-state index < -0.39 is 0 Å². The molecule has 78 valence electrons. The number of allylic oxidation sites excluding steroid dienone is 1. The predicted molar refractivity (Wildman–Crippen MR) is 62.6 cm³/mol. The molecule has 0 aromatic heterocycles. The van der Waals surface area contributed by atoms with Crippen LogP contribution in [0.25, 0.3) is 6.08 Å². The summed E-state index contributed by atoms with van der Waals surface area (Å²) in [5.41, 5.74) is 3.47. The van der Waals surface area contributed by atoms with Gasteiger partial charge in [-0.1, -0.05) is 38.1 Å². The molecule has 1 atom stereocenters. The monoisotopic (exact) mass is 200 g/mol. The Morgan fingerprint density at radius 2 is 2.13 bits per heavy atom. The molecule has 0 spiro atoms. The first kappa shape index (κ1) is 10.2. The number of benzene rings is 1. The van der Waals surface area contributed by atoms with Gasteiger partial charge in [0, 0.05) is 17.9 Å². The van der Waals surface area contributed by atoms with Crippen LogP contribution in [-0.2, 0) is 11.2 Å². The molecule has 15 heavy (non-hydrogen) atoms. The average molecular weight is 200 g/mol. The van der Waals surface area contributed by atoms with Gasteiger partial charge in [-0.05, 0) is 23.6 Å². The lowest BCUT2D eigenvalue weighted by atomic mass is 9.96. The van der Waals surface area contributed by atoms with Crippen LogP contribution in [0.4, 0.5) is 0 Å². The van der Waals surface area contributed by atoms with Crippen LogP contribution in [0.15, 0.2) is 29.8 Å². The van der Waals surface area contributed by atoms with E-state index in [1.165, 1.54) is 11.1 Å². The number of Topliss-reactive ketones (excluding diaryl/α,β-unsaturated/α-hetero) is 1. The van der Waals surface area contributed by atoms with E-state index in [0.717, 1.165) is 18.4 Å². The summed E-state index contributed by atoms with van der Waals surface area (Å²) in [5, 5.41) is 0. The molecule has 0 radical (unpaired) electrons. The molecule has 0 N–H and O–H groups in total. The molecule has 1 nitrogen and oxygen atoms in total. The number of ketones is 1. The molecular formula is C14H16O. The minimum absolute atomic E-state index is 0.158. The molecule has 2 rings (SSSR count). The number of carbonyl (C=O) groups excluding carboxylic acids is 1. The molecule has 1 aliphatic carbocycles. The van der Waals surface area contributed by atoms with Crippen molar-refractivity contribution in [2.45, 2.75) is 26.7 Å². The van der Waals surface area contributed by atoms with Gasteiger partial charge in [0.1, 0.15) is 0 Å². The molecule has 0 aliphatic heterocycles. The van der Waals surface area contributed by atoms with Crippen molar-refractivity contribution >= 4 is 11.9 Å². The van der Waals surface area contributed by atoms with E-state index in [1.54, 1.807) is 0 Å². The van der Waals surface area contributed by atoms with E-state index in [4.69, 9.17) is 0 Å². The highest BCUT2D eigenvalue weighted by Gasteiger charge is 2.21. The third kappa shape index (κ3) is 1.87. The Morgan fingerprint density at radius 1 is 1.40 bits per heavy atom. The van der Waals surface area contributed by atoms with Crippen LogP contribution < -0.4 is 0 Å². The highest BCUT2D eigenvalue weighted by atomic mass is 16.1. The Hall–Kier alpha value is -1.37. The molecule has 1 heteroatoms. The standard InChI is InChI=1S/C14H16O/c1-3-10(2)14(15)13-8-11-6-4-5-7-12(11)9-13/h4-8,10H,3,9H2,1-2H3. The Bertz CT molecular complexity index is 415. The fraction of sp³-hybridized carbons (Fsp3) is 0.357. The van der Waals surface area contributed by atoms with Crippen LogP contribution in [-0.4, -0.2) is 5.78 Å². The van der Waals surface area contributed by atoms with Crippen molar-refractivity contribution in [2.75, 3.05) is 0 Å². The van der Waals surface area contributed by atoms with E-state index in [9.17, 15) is 4.79 Å². The smallest absolute Gasteiger partial charge is 0.162 e. The lowest BCUT2D eigenvalue weighted by Crippen LogP contribution is -2.12. The van der Waals surface area contributed by atoms with Gasteiger partial charge in [0.2, 0.25) is 0 Å². The normalized spacial score (nSPS) is 15.7. The van der Waals surface area contributed by atoms with Crippen molar-refractivity contribution < 1.29 is 4.79 Å². The second-order valence-corrected chi connectivity index (χ2v) is 4.22. The van der Waals surface area contributed by atoms with Crippen molar-refractivity contribution in [1.82, 2.24) is 0 Å². The molecule has 1 aliphatic rings. The zero-order valence-corrected chi connectivity index (χ0v) is 9.29. The fourth-order valence-corrected chi connectivity index (χ4v) is 1.94. The first-order chi connectivity index (χ1) is 7.22. The number of hydrogen-bond donors (Lipinski definition) is 0. The van der Waals surface area contributed by atoms with E-state index in [-0.39, 0.29) is 5.92 Å². The largest absolute Gasteiger partial charge is 0.294 e. The summed E-state index contributed by atoms with van der Waals surface area (Å²) in [6.07, 6.45) is 3.79. The van der Waals surface area contributed by atoms with E-state index >= 15 is 0 Å². The van der Waals surface area contributed by atoms with Gasteiger partial charge in [0.25, 0.3) is 0 Å². The Kier molecular flexibility index (Phi) is 2.72. The van der Waals surface area contributed by atoms with Crippen molar-refractivity contribution in [3.05, 3.63) is 41.0 Å². The third-order valence-corrected chi connectivity index (χ3v) is 3.14. The van der Waals surface area contributed by atoms with E-state index in [1.807, 2.05) is 25.1 Å². The summed E-state index contributed by atoms with van der Waals surface area (Å²) in [6, 6.07) is 8.23. The summed E-state index contributed by atoms with van der Waals surface area (Å²) in [6.45, 7) is 4.07. The first-order valence-corrected chi connectivity index (χ1v) is 5.55. The minimum Gasteiger partial charge on any atom is -0.294 e. The van der Waals surface area contributed by atoms with Gasteiger partial charge >= 0.3 is 0 Å². The van der Waals surface area contributed by atoms with Gasteiger partial charge in [-0.25, -0.2) is 0 Å². The van der Waals surface area contributed by atoms with Gasteiger partial charge in [-0.15, -0.1) is 0 Å². The third-order valence-electron chi connectivity index (χ3n) is 3.14. The van der Waals surface area contributed by atoms with Crippen LogP contribution in [0.1, 0.15) is 31.4 Å². The maximum absolute atomic E-state index is 12.0. The second-order valence-electron chi connectivity index (χ2n) is 4.22. The molecule has 0 amide bonds. The van der Waals surface area contributed by atoms with Crippen molar-refractivity contribution in [1.29, 1.82) is 0 Å². The van der Waals surface area contributed by atoms with Crippen LogP contribution in [0.2, 0.25) is 0 Å². The maximum Gasteiger partial charge on any atom is 0.162 e. The highest BCUT2D eigenvalue weighted by Crippen LogP contribution is 2.27. The van der Waals surface area contributed by atoms with Gasteiger partial charge < -0.3 is 0 Å². The molecule has 1 unspecified atom stereocenters. The molecule has 0 saturated heterocycles. The first-order valence-electron chi connectivity index (χ1n) is 5.55. The molecular weight excluding hydrogens is 184 g/mol. The lowest BCUT2D eigenvalue weighted by Gasteiger charge is -2.07. The summed E-state index contributed by atoms with van der Waals surface area (Å²) in [5.74, 6) is 0.472. The predicted octanol–water partition coefficient (Wildman–Crippen LogP) is 3.24. The fourth-order valence-electron chi connectivity index (χ4n) is 1.94. The number of hydrogen-bond acceptors (Lipinski definition) is 1. The molecule has 0 saturated carbocycles. The van der Waals surface area contributed by atoms with Crippen molar-refractivity contribution in [3.63, 3.8) is 0 Å². The molecule has 1 aromatic carbocycles. The second kappa shape index (κ2) is 4.01. The van der Waals surface area contributed by atoms with Gasteiger partial charge in [0.05, 0.1) is 0 Å². The molecule has 0 heterocycles. The minimum atomic E-state index is 0.158. The number of rotatable bonds is 3. The summed E-state index contributed by atoms with van der Waals surface area (Å²) >= 11 is 0. The van der Waals surface area contributed by atoms with Gasteiger partial charge in [-0.2, -0.15) is 0 Å². The quantitative estimate of drug-likeness (QED) is 0.732. The highest BCUT2D eigenvalue weighted by molar-refractivity contribution is 6.03. The van der Waals surface area contributed by atoms with Crippen LogP contribution in [0, 0.1) is 5.92 Å². The summed E-state index contributed by atoms with van der Waals surface area (Å²) in [7, 11) is 0. The molecule has 0 fully saturated rings. The van der Waals surface area contributed by atoms with Crippen LogP contribution >= 0.6 is 0 Å². The Morgan fingerprint density at radius 3 is 2.80 bits per heavy atom. The van der Waals surface area contributed by atoms with Gasteiger partial charge in [0.15, 0.2) is 5.78 Å². The van der Waals surface area contributed by atoms with Gasteiger partial charge in [-0.3, -0.25) is 4.79 Å². The number of fused-ring (bicyclic) bond motifs is 1. The van der Waals surface area contributed by atoms with E-state index in [0.29, 0.717) is 5.78 Å². The zero-order chi connectivity index (χ0) is 10.8. The summed E-state index contributed by atoms with van der Waals surface area (Å²) in [4.78, 5) is 12.0. The molecule has 0 bridgehead atoms. The van der Waals surface area contributed by atoms with Crippen LogP contribution in [0.3, 0.4) is 0 Å². The summed E-state index contributed by atoms with van der Waals surface area (Å²) < 4.78 is 0. The topological polar surface area (TPSA) is 17.1 Å². The SMILES string of the molecule is CCC(C)C(=O)C1=Cc2ccccc2C1. The Labute approximate surface area is 90.8 Å². The average Bonchev–Trinajstić information content (AvgIpc) is 2.70. The zero-order valence-electron chi connectivity index (χ0n) is 9.29. The van der Waals surface area contributed by atoms with E-state index in [2.05, 4.69) is 19.1 Å². The Balaban J connectivity index is 2.21. The van der Waals surface area contributed by atoms with Crippen molar-refractivity contribution in [3.8, 4) is 0 Å². The number of carbonyl (C=O) groups is 1. The molecule has 1 aromatic rings. The lowest BCUT2D eigenvalue weighted by molar-refractivity contribution is -0.118.